The summed E-state index contributed by atoms with van der Waals surface area (Å²) in [6.07, 6.45) is -4.26. The molecule has 2 unspecified atom stereocenters. The molecule has 0 amide bonds. The van der Waals surface area contributed by atoms with Gasteiger partial charge in [0, 0.05) is 25.7 Å². The van der Waals surface area contributed by atoms with Crippen LogP contribution in [0.4, 0.5) is 13.2 Å². The molecular formula is C13H15F3N2. The summed E-state index contributed by atoms with van der Waals surface area (Å²) in [5, 5.41) is 3.33. The van der Waals surface area contributed by atoms with Gasteiger partial charge in [-0.2, -0.15) is 13.2 Å². The summed E-state index contributed by atoms with van der Waals surface area (Å²) in [4.78, 5) is 2.26. The molecule has 0 bridgehead atoms. The van der Waals surface area contributed by atoms with Crippen LogP contribution < -0.4 is 5.32 Å². The van der Waals surface area contributed by atoms with Crippen LogP contribution in [0.25, 0.3) is 0 Å². The van der Waals surface area contributed by atoms with Crippen molar-refractivity contribution in [3.05, 3.63) is 34.9 Å². The van der Waals surface area contributed by atoms with Crippen LogP contribution in [0, 0.1) is 0 Å². The highest BCUT2D eigenvalue weighted by Crippen LogP contribution is 2.40. The van der Waals surface area contributed by atoms with Crippen LogP contribution in [0.15, 0.2) is 18.2 Å². The minimum Gasteiger partial charge on any atom is -0.311 e. The highest BCUT2D eigenvalue weighted by atomic mass is 19.4. The fourth-order valence-electron chi connectivity index (χ4n) is 3.06. The summed E-state index contributed by atoms with van der Waals surface area (Å²) >= 11 is 0. The van der Waals surface area contributed by atoms with E-state index in [4.69, 9.17) is 0 Å². The summed E-state index contributed by atoms with van der Waals surface area (Å²) in [5.41, 5.74) is 1.33. The summed E-state index contributed by atoms with van der Waals surface area (Å²) in [6, 6.07) is 4.42. The number of fused-ring (bicyclic) bond motifs is 3. The number of hydrogen-bond donors (Lipinski definition) is 1. The third kappa shape index (κ3) is 1.82. The monoisotopic (exact) mass is 256 g/mol. The zero-order chi connectivity index (χ0) is 12.9. The van der Waals surface area contributed by atoms with E-state index in [-0.39, 0.29) is 12.1 Å². The fourth-order valence-corrected chi connectivity index (χ4v) is 3.06. The van der Waals surface area contributed by atoms with Gasteiger partial charge in [-0.15, -0.1) is 0 Å². The SMILES string of the molecule is CC1NCCN2Cc3ccc(C(F)(F)F)cc3C12. The topological polar surface area (TPSA) is 15.3 Å². The average Bonchev–Trinajstić information content (AvgIpc) is 2.66. The van der Waals surface area contributed by atoms with Gasteiger partial charge in [-0.05, 0) is 30.2 Å². The Bertz CT molecular complexity index is 470. The minimum atomic E-state index is -4.26. The molecule has 2 aliphatic rings. The first-order valence-corrected chi connectivity index (χ1v) is 6.14. The van der Waals surface area contributed by atoms with Gasteiger partial charge in [-0.1, -0.05) is 6.07 Å². The first-order valence-electron chi connectivity index (χ1n) is 6.14. The van der Waals surface area contributed by atoms with E-state index in [0.717, 1.165) is 30.8 Å². The molecular weight excluding hydrogens is 241 g/mol. The van der Waals surface area contributed by atoms with Crippen LogP contribution in [0.3, 0.4) is 0 Å². The van der Waals surface area contributed by atoms with E-state index in [2.05, 4.69) is 10.2 Å². The van der Waals surface area contributed by atoms with Gasteiger partial charge in [0.15, 0.2) is 0 Å². The maximum absolute atomic E-state index is 12.7. The molecule has 0 radical (unpaired) electrons. The lowest BCUT2D eigenvalue weighted by atomic mass is 9.96. The lowest BCUT2D eigenvalue weighted by Gasteiger charge is -2.36. The quantitative estimate of drug-likeness (QED) is 0.767. The summed E-state index contributed by atoms with van der Waals surface area (Å²) in [6.45, 7) is 4.60. The Labute approximate surface area is 104 Å². The molecule has 0 aromatic heterocycles. The number of nitrogens with zero attached hydrogens (tertiary/aromatic N) is 1. The molecule has 3 rings (SSSR count). The van der Waals surface area contributed by atoms with Crippen molar-refractivity contribution in [2.45, 2.75) is 31.7 Å². The maximum Gasteiger partial charge on any atom is 0.416 e. The largest absolute Gasteiger partial charge is 0.416 e. The number of halogens is 3. The predicted octanol–water partition coefficient (Wildman–Crippen LogP) is 2.55. The number of alkyl halides is 3. The molecule has 1 fully saturated rings. The second kappa shape index (κ2) is 3.96. The maximum atomic E-state index is 12.7. The van der Waals surface area contributed by atoms with Gasteiger partial charge in [0.05, 0.1) is 11.6 Å². The zero-order valence-corrected chi connectivity index (χ0v) is 10.1. The van der Waals surface area contributed by atoms with Crippen LogP contribution in [0.5, 0.6) is 0 Å². The van der Waals surface area contributed by atoms with Crippen LogP contribution >= 0.6 is 0 Å². The van der Waals surface area contributed by atoms with Gasteiger partial charge < -0.3 is 5.32 Å². The molecule has 2 aliphatic heterocycles. The van der Waals surface area contributed by atoms with Crippen LogP contribution in [-0.4, -0.2) is 24.0 Å². The molecule has 1 N–H and O–H groups in total. The van der Waals surface area contributed by atoms with Gasteiger partial charge in [-0.25, -0.2) is 0 Å². The first kappa shape index (κ1) is 12.0. The molecule has 2 nitrogen and oxygen atoms in total. The van der Waals surface area contributed by atoms with E-state index >= 15 is 0 Å². The molecule has 2 heterocycles. The Morgan fingerprint density at radius 2 is 2.11 bits per heavy atom. The number of benzene rings is 1. The molecule has 2 atom stereocenters. The molecule has 0 saturated carbocycles. The summed E-state index contributed by atoms with van der Waals surface area (Å²) in [5.74, 6) is 0. The number of nitrogens with one attached hydrogen (secondary N) is 1. The molecule has 0 aliphatic carbocycles. The van der Waals surface area contributed by atoms with E-state index in [9.17, 15) is 13.2 Å². The molecule has 1 aromatic rings. The Balaban J connectivity index is 2.02. The smallest absolute Gasteiger partial charge is 0.311 e. The van der Waals surface area contributed by atoms with Gasteiger partial charge >= 0.3 is 6.18 Å². The zero-order valence-electron chi connectivity index (χ0n) is 10.1. The van der Waals surface area contributed by atoms with Crippen molar-refractivity contribution in [1.82, 2.24) is 10.2 Å². The Kier molecular flexibility index (Phi) is 2.64. The van der Waals surface area contributed by atoms with E-state index in [1.807, 2.05) is 6.92 Å². The Morgan fingerprint density at radius 3 is 2.83 bits per heavy atom. The third-order valence-corrected chi connectivity index (χ3v) is 3.90. The fraction of sp³-hybridized carbons (Fsp3) is 0.538. The second-order valence-electron chi connectivity index (χ2n) is 5.07. The Morgan fingerprint density at radius 1 is 1.33 bits per heavy atom. The second-order valence-corrected chi connectivity index (χ2v) is 5.07. The van der Waals surface area contributed by atoms with Crippen molar-refractivity contribution in [3.8, 4) is 0 Å². The molecule has 0 spiro atoms. The lowest BCUT2D eigenvalue weighted by Crippen LogP contribution is -2.48. The van der Waals surface area contributed by atoms with Crippen LogP contribution in [-0.2, 0) is 12.7 Å². The van der Waals surface area contributed by atoms with E-state index in [1.165, 1.54) is 12.1 Å². The number of rotatable bonds is 0. The van der Waals surface area contributed by atoms with Gasteiger partial charge in [0.25, 0.3) is 0 Å². The minimum absolute atomic E-state index is 0.0797. The van der Waals surface area contributed by atoms with Crippen LogP contribution in [0.1, 0.15) is 29.7 Å². The standard InChI is InChI=1S/C13H15F3N2/c1-8-12-11-6-10(13(14,15)16)3-2-9(11)7-18(12)5-4-17-8/h2-3,6,8,12,17H,4-5,7H2,1H3. The van der Waals surface area contributed by atoms with E-state index < -0.39 is 11.7 Å². The van der Waals surface area contributed by atoms with Gasteiger partial charge in [-0.3, -0.25) is 4.90 Å². The normalized spacial score (nSPS) is 28.0. The molecule has 98 valence electrons. The Hall–Kier alpha value is -1.07. The lowest BCUT2D eigenvalue weighted by molar-refractivity contribution is -0.137. The average molecular weight is 256 g/mol. The van der Waals surface area contributed by atoms with Gasteiger partial charge in [0.2, 0.25) is 0 Å². The van der Waals surface area contributed by atoms with Crippen LogP contribution in [0.2, 0.25) is 0 Å². The van der Waals surface area contributed by atoms with Crippen molar-refractivity contribution in [2.24, 2.45) is 0 Å². The van der Waals surface area contributed by atoms with Crippen molar-refractivity contribution >= 4 is 0 Å². The van der Waals surface area contributed by atoms with E-state index in [1.54, 1.807) is 6.07 Å². The van der Waals surface area contributed by atoms with Crippen molar-refractivity contribution in [3.63, 3.8) is 0 Å². The summed E-state index contributed by atoms with van der Waals surface area (Å²) < 4.78 is 38.2. The highest BCUT2D eigenvalue weighted by molar-refractivity contribution is 5.40. The molecule has 18 heavy (non-hydrogen) atoms. The third-order valence-electron chi connectivity index (χ3n) is 3.90. The highest BCUT2D eigenvalue weighted by Gasteiger charge is 2.39. The van der Waals surface area contributed by atoms with E-state index in [0.29, 0.717) is 0 Å². The number of hydrogen-bond acceptors (Lipinski definition) is 2. The van der Waals surface area contributed by atoms with Crippen molar-refractivity contribution < 1.29 is 13.2 Å². The molecule has 1 aromatic carbocycles. The van der Waals surface area contributed by atoms with Crippen molar-refractivity contribution in [2.75, 3.05) is 13.1 Å². The molecule has 1 saturated heterocycles. The van der Waals surface area contributed by atoms with Gasteiger partial charge in [0.1, 0.15) is 0 Å². The number of piperazine rings is 1. The predicted molar refractivity (Wildman–Crippen MR) is 62.1 cm³/mol. The van der Waals surface area contributed by atoms with Crippen molar-refractivity contribution in [1.29, 1.82) is 0 Å². The first-order chi connectivity index (χ1) is 8.47. The molecule has 5 heteroatoms. The summed E-state index contributed by atoms with van der Waals surface area (Å²) in [7, 11) is 0.